The van der Waals surface area contributed by atoms with Gasteiger partial charge in [0.15, 0.2) is 0 Å². The molecule has 1 fully saturated rings. The third-order valence-corrected chi connectivity index (χ3v) is 4.87. The molecule has 1 aliphatic heterocycles. The summed E-state index contributed by atoms with van der Waals surface area (Å²) in [5.74, 6) is 0.222. The van der Waals surface area contributed by atoms with Crippen molar-refractivity contribution in [2.45, 2.75) is 25.5 Å². The standard InChI is InChI=1S/C19H25ClN4O3/c1-14-15(10-23(2)22-14)11-24-6-7-27-19(12-24,9-18(21)25)13-26-17-5-3-4-16(20)8-17/h3-5,8,10H,6-7,9,11-13H2,1-2H3,(H2,21,25). The highest BCUT2D eigenvalue weighted by molar-refractivity contribution is 6.30. The molecular formula is C19H25ClN4O3. The molecular weight excluding hydrogens is 368 g/mol. The van der Waals surface area contributed by atoms with Gasteiger partial charge in [-0.05, 0) is 25.1 Å². The summed E-state index contributed by atoms with van der Waals surface area (Å²) in [6, 6.07) is 7.16. The third kappa shape index (κ3) is 5.22. The van der Waals surface area contributed by atoms with E-state index in [0.29, 0.717) is 23.9 Å². The van der Waals surface area contributed by atoms with Crippen molar-refractivity contribution in [3.8, 4) is 5.75 Å². The average molecular weight is 393 g/mol. The van der Waals surface area contributed by atoms with Gasteiger partial charge in [0.05, 0.1) is 18.7 Å². The Labute approximate surface area is 164 Å². The zero-order valence-corrected chi connectivity index (χ0v) is 16.4. The van der Waals surface area contributed by atoms with E-state index in [2.05, 4.69) is 10.00 Å². The van der Waals surface area contributed by atoms with E-state index in [1.165, 1.54) is 0 Å². The Hall–Kier alpha value is -2.09. The number of hydrogen-bond acceptors (Lipinski definition) is 5. The number of nitrogens with zero attached hydrogens (tertiary/aromatic N) is 3. The highest BCUT2D eigenvalue weighted by Gasteiger charge is 2.39. The molecule has 1 aromatic heterocycles. The molecule has 146 valence electrons. The van der Waals surface area contributed by atoms with Gasteiger partial charge in [-0.25, -0.2) is 0 Å². The number of benzene rings is 1. The largest absolute Gasteiger partial charge is 0.490 e. The first-order chi connectivity index (χ1) is 12.8. The van der Waals surface area contributed by atoms with Crippen molar-refractivity contribution in [2.75, 3.05) is 26.3 Å². The smallest absolute Gasteiger partial charge is 0.220 e. The van der Waals surface area contributed by atoms with Crippen molar-refractivity contribution < 1.29 is 14.3 Å². The number of aryl methyl sites for hydroxylation is 2. The summed E-state index contributed by atoms with van der Waals surface area (Å²) in [6.45, 7) is 4.77. The number of primary amides is 1. The summed E-state index contributed by atoms with van der Waals surface area (Å²) >= 11 is 6.01. The Morgan fingerprint density at radius 3 is 2.96 bits per heavy atom. The molecule has 27 heavy (non-hydrogen) atoms. The third-order valence-electron chi connectivity index (χ3n) is 4.63. The van der Waals surface area contributed by atoms with Crippen LogP contribution in [-0.4, -0.2) is 52.5 Å². The van der Waals surface area contributed by atoms with E-state index in [9.17, 15) is 4.79 Å². The van der Waals surface area contributed by atoms with Crippen LogP contribution in [0.3, 0.4) is 0 Å². The van der Waals surface area contributed by atoms with Gasteiger partial charge in [-0.1, -0.05) is 17.7 Å². The second-order valence-electron chi connectivity index (χ2n) is 7.04. The molecule has 8 heteroatoms. The van der Waals surface area contributed by atoms with Crippen molar-refractivity contribution in [3.05, 3.63) is 46.7 Å². The molecule has 1 atom stereocenters. The molecule has 1 aliphatic rings. The van der Waals surface area contributed by atoms with E-state index in [1.807, 2.05) is 37.0 Å². The van der Waals surface area contributed by atoms with E-state index >= 15 is 0 Å². The normalized spacial score (nSPS) is 20.6. The molecule has 2 N–H and O–H groups in total. The zero-order chi connectivity index (χ0) is 19.4. The fraction of sp³-hybridized carbons (Fsp3) is 0.474. The van der Waals surface area contributed by atoms with Crippen molar-refractivity contribution in [1.82, 2.24) is 14.7 Å². The van der Waals surface area contributed by atoms with Crippen molar-refractivity contribution >= 4 is 17.5 Å². The molecule has 0 bridgehead atoms. The van der Waals surface area contributed by atoms with Gasteiger partial charge in [-0.15, -0.1) is 0 Å². The lowest BCUT2D eigenvalue weighted by molar-refractivity contribution is -0.148. The number of amides is 1. The highest BCUT2D eigenvalue weighted by Crippen LogP contribution is 2.26. The van der Waals surface area contributed by atoms with Gasteiger partial charge in [0, 0.05) is 43.5 Å². The predicted molar refractivity (Wildman–Crippen MR) is 103 cm³/mol. The molecule has 1 saturated heterocycles. The molecule has 1 amide bonds. The maximum atomic E-state index is 11.7. The van der Waals surface area contributed by atoms with Gasteiger partial charge in [0.25, 0.3) is 0 Å². The van der Waals surface area contributed by atoms with E-state index < -0.39 is 11.5 Å². The van der Waals surface area contributed by atoms with E-state index in [-0.39, 0.29) is 13.0 Å². The molecule has 3 rings (SSSR count). The lowest BCUT2D eigenvalue weighted by atomic mass is 9.97. The maximum absolute atomic E-state index is 11.7. The molecule has 0 spiro atoms. The minimum absolute atomic E-state index is 0.0933. The van der Waals surface area contributed by atoms with Crippen LogP contribution in [0.15, 0.2) is 30.5 Å². The molecule has 0 aliphatic carbocycles. The van der Waals surface area contributed by atoms with Crippen LogP contribution >= 0.6 is 11.6 Å². The molecule has 2 heterocycles. The number of hydrogen-bond donors (Lipinski definition) is 1. The Balaban J connectivity index is 1.72. The Morgan fingerprint density at radius 1 is 1.48 bits per heavy atom. The topological polar surface area (TPSA) is 82.6 Å². The summed E-state index contributed by atoms with van der Waals surface area (Å²) in [6.07, 6.45) is 2.11. The zero-order valence-electron chi connectivity index (χ0n) is 15.7. The molecule has 1 unspecified atom stereocenters. The molecule has 2 aromatic rings. The van der Waals surface area contributed by atoms with E-state index in [0.717, 1.165) is 24.3 Å². The van der Waals surface area contributed by atoms with Crippen LogP contribution < -0.4 is 10.5 Å². The van der Waals surface area contributed by atoms with Crippen LogP contribution in [0.2, 0.25) is 5.02 Å². The van der Waals surface area contributed by atoms with Crippen LogP contribution in [0.1, 0.15) is 17.7 Å². The van der Waals surface area contributed by atoms with Crippen LogP contribution in [0, 0.1) is 6.92 Å². The second kappa shape index (κ2) is 8.29. The monoisotopic (exact) mass is 392 g/mol. The number of nitrogens with two attached hydrogens (primary N) is 1. The summed E-state index contributed by atoms with van der Waals surface area (Å²) < 4.78 is 13.7. The fourth-order valence-electron chi connectivity index (χ4n) is 3.44. The summed E-state index contributed by atoms with van der Waals surface area (Å²) in [4.78, 5) is 13.9. The van der Waals surface area contributed by atoms with Crippen LogP contribution in [0.5, 0.6) is 5.75 Å². The van der Waals surface area contributed by atoms with Crippen molar-refractivity contribution in [1.29, 1.82) is 0 Å². The number of morpholine rings is 1. The van der Waals surface area contributed by atoms with Crippen LogP contribution in [-0.2, 0) is 23.1 Å². The minimum Gasteiger partial charge on any atom is -0.490 e. The average Bonchev–Trinajstić information content (AvgIpc) is 2.90. The van der Waals surface area contributed by atoms with Gasteiger partial charge in [0.2, 0.25) is 5.91 Å². The van der Waals surface area contributed by atoms with Crippen LogP contribution in [0.25, 0.3) is 0 Å². The number of ether oxygens (including phenoxy) is 2. The Bertz CT molecular complexity index is 810. The SMILES string of the molecule is Cc1nn(C)cc1CN1CCOC(COc2cccc(Cl)c2)(CC(N)=O)C1. The summed E-state index contributed by atoms with van der Waals surface area (Å²) in [7, 11) is 1.91. The van der Waals surface area contributed by atoms with E-state index in [1.54, 1.807) is 12.1 Å². The van der Waals surface area contributed by atoms with Gasteiger partial charge in [-0.2, -0.15) is 5.10 Å². The number of rotatable bonds is 7. The first-order valence-electron chi connectivity index (χ1n) is 8.87. The minimum atomic E-state index is -0.789. The van der Waals surface area contributed by atoms with Gasteiger partial charge in [-0.3, -0.25) is 14.4 Å². The summed E-state index contributed by atoms with van der Waals surface area (Å²) in [5, 5.41) is 4.99. The van der Waals surface area contributed by atoms with Gasteiger partial charge >= 0.3 is 0 Å². The van der Waals surface area contributed by atoms with Gasteiger partial charge < -0.3 is 15.2 Å². The summed E-state index contributed by atoms with van der Waals surface area (Å²) in [5.41, 5.74) is 6.87. The maximum Gasteiger partial charge on any atom is 0.220 e. The van der Waals surface area contributed by atoms with Crippen molar-refractivity contribution in [3.63, 3.8) is 0 Å². The fourth-order valence-corrected chi connectivity index (χ4v) is 3.62. The van der Waals surface area contributed by atoms with Crippen molar-refractivity contribution in [2.24, 2.45) is 12.8 Å². The number of carbonyl (C=O) groups excluding carboxylic acids is 1. The lowest BCUT2D eigenvalue weighted by Gasteiger charge is -2.42. The number of carbonyl (C=O) groups is 1. The first kappa shape index (κ1) is 19.7. The number of halogens is 1. The molecule has 7 nitrogen and oxygen atoms in total. The number of aromatic nitrogens is 2. The van der Waals surface area contributed by atoms with Crippen LogP contribution in [0.4, 0.5) is 0 Å². The molecule has 0 saturated carbocycles. The quantitative estimate of drug-likeness (QED) is 0.778. The van der Waals surface area contributed by atoms with E-state index in [4.69, 9.17) is 26.8 Å². The van der Waals surface area contributed by atoms with Gasteiger partial charge in [0.1, 0.15) is 18.0 Å². The predicted octanol–water partition coefficient (Wildman–Crippen LogP) is 1.91. The Morgan fingerprint density at radius 2 is 2.30 bits per heavy atom. The molecule has 1 aromatic carbocycles. The molecule has 0 radical (unpaired) electrons. The first-order valence-corrected chi connectivity index (χ1v) is 9.25. The lowest BCUT2D eigenvalue weighted by Crippen LogP contribution is -2.56. The highest BCUT2D eigenvalue weighted by atomic mass is 35.5. The second-order valence-corrected chi connectivity index (χ2v) is 7.48. The Kier molecular flexibility index (Phi) is 6.04.